The average Bonchev–Trinajstić information content (AvgIpc) is 2.13. The number of nitrogens with two attached hydrogens (primary N) is 1. The first kappa shape index (κ1) is 16.8. The van der Waals surface area contributed by atoms with Crippen molar-refractivity contribution in [3.63, 3.8) is 0 Å². The third kappa shape index (κ3) is 8.53. The maximum absolute atomic E-state index is 11.7. The van der Waals surface area contributed by atoms with Gasteiger partial charge in [-0.3, -0.25) is 0 Å². The van der Waals surface area contributed by atoms with E-state index in [2.05, 4.69) is 4.72 Å². The molecule has 0 fully saturated rings. The molecule has 104 valence electrons. The van der Waals surface area contributed by atoms with Crippen LogP contribution in [-0.2, 0) is 19.9 Å². The Morgan fingerprint density at radius 2 is 1.65 bits per heavy atom. The maximum Gasteiger partial charge on any atom is 0.212 e. The SMILES string of the molecule is CC(C)C(CCN)NS(=O)(=O)CCS(C)(=O)=O. The Balaban J connectivity index is 4.51. The molecule has 0 aromatic rings. The van der Waals surface area contributed by atoms with Crippen LogP contribution >= 0.6 is 0 Å². The molecule has 1 unspecified atom stereocenters. The van der Waals surface area contributed by atoms with Crippen molar-refractivity contribution in [3.05, 3.63) is 0 Å². The Morgan fingerprint density at radius 1 is 1.12 bits per heavy atom. The molecule has 0 radical (unpaired) electrons. The quantitative estimate of drug-likeness (QED) is 0.615. The Bertz CT molecular complexity index is 414. The molecule has 0 aromatic heterocycles. The molecule has 8 heteroatoms. The van der Waals surface area contributed by atoms with Crippen LogP contribution < -0.4 is 10.5 Å². The average molecular weight is 286 g/mol. The fraction of sp³-hybridized carbons (Fsp3) is 1.00. The second kappa shape index (κ2) is 6.67. The van der Waals surface area contributed by atoms with Crippen molar-refractivity contribution in [3.8, 4) is 0 Å². The molecule has 0 amide bonds. The lowest BCUT2D eigenvalue weighted by atomic mass is 10.0. The molecule has 0 saturated heterocycles. The van der Waals surface area contributed by atoms with E-state index < -0.39 is 25.6 Å². The molecule has 1 atom stereocenters. The molecule has 0 aliphatic rings. The van der Waals surface area contributed by atoms with Crippen molar-refractivity contribution in [1.29, 1.82) is 0 Å². The van der Waals surface area contributed by atoms with Crippen LogP contribution in [-0.4, -0.2) is 47.2 Å². The van der Waals surface area contributed by atoms with Crippen molar-refractivity contribution < 1.29 is 16.8 Å². The predicted octanol–water partition coefficient (Wildman–Crippen LogP) is -0.676. The smallest absolute Gasteiger partial charge is 0.212 e. The largest absolute Gasteiger partial charge is 0.330 e. The molecular weight excluding hydrogens is 264 g/mol. The van der Waals surface area contributed by atoms with Crippen LogP contribution in [0.25, 0.3) is 0 Å². The van der Waals surface area contributed by atoms with Gasteiger partial charge in [0.05, 0.1) is 11.5 Å². The molecule has 0 spiro atoms. The highest BCUT2D eigenvalue weighted by molar-refractivity contribution is 7.93. The molecular formula is C9H22N2O4S2. The van der Waals surface area contributed by atoms with Gasteiger partial charge in [-0.1, -0.05) is 13.8 Å². The van der Waals surface area contributed by atoms with Crippen LogP contribution in [0.4, 0.5) is 0 Å². The highest BCUT2D eigenvalue weighted by Crippen LogP contribution is 2.07. The summed E-state index contributed by atoms with van der Waals surface area (Å²) in [7, 11) is -6.84. The van der Waals surface area contributed by atoms with Crippen LogP contribution in [0.15, 0.2) is 0 Å². The van der Waals surface area contributed by atoms with Crippen LogP contribution in [0.1, 0.15) is 20.3 Å². The van der Waals surface area contributed by atoms with Crippen molar-refractivity contribution in [2.45, 2.75) is 26.3 Å². The number of hydrogen-bond donors (Lipinski definition) is 2. The zero-order chi connectivity index (χ0) is 13.7. The summed E-state index contributed by atoms with van der Waals surface area (Å²) in [5.74, 6) is -0.651. The van der Waals surface area contributed by atoms with E-state index in [4.69, 9.17) is 5.73 Å². The summed E-state index contributed by atoms with van der Waals surface area (Å²) in [6.07, 6.45) is 1.55. The first-order valence-electron chi connectivity index (χ1n) is 5.45. The first-order valence-corrected chi connectivity index (χ1v) is 9.16. The fourth-order valence-corrected chi connectivity index (χ4v) is 4.32. The Kier molecular flexibility index (Phi) is 6.60. The summed E-state index contributed by atoms with van der Waals surface area (Å²) in [5.41, 5.74) is 5.40. The van der Waals surface area contributed by atoms with Gasteiger partial charge in [0, 0.05) is 12.3 Å². The number of nitrogens with one attached hydrogen (secondary N) is 1. The lowest BCUT2D eigenvalue weighted by Gasteiger charge is -2.21. The van der Waals surface area contributed by atoms with Crippen molar-refractivity contribution in [2.24, 2.45) is 11.7 Å². The number of rotatable bonds is 8. The standard InChI is InChI=1S/C9H22N2O4S2/c1-8(2)9(4-5-10)11-17(14,15)7-6-16(3,12)13/h8-9,11H,4-7,10H2,1-3H3. The predicted molar refractivity (Wildman–Crippen MR) is 68.9 cm³/mol. The van der Waals surface area contributed by atoms with E-state index in [1.807, 2.05) is 13.8 Å². The second-order valence-electron chi connectivity index (χ2n) is 4.49. The molecule has 0 heterocycles. The molecule has 0 bridgehead atoms. The van der Waals surface area contributed by atoms with E-state index in [0.29, 0.717) is 13.0 Å². The van der Waals surface area contributed by atoms with Gasteiger partial charge in [-0.2, -0.15) is 0 Å². The summed E-state index contributed by atoms with van der Waals surface area (Å²) in [6, 6.07) is -0.246. The summed E-state index contributed by atoms with van der Waals surface area (Å²) in [5, 5.41) is 0. The lowest BCUT2D eigenvalue weighted by Crippen LogP contribution is -2.41. The van der Waals surface area contributed by atoms with Gasteiger partial charge in [0.1, 0.15) is 9.84 Å². The lowest BCUT2D eigenvalue weighted by molar-refractivity contribution is 0.429. The highest BCUT2D eigenvalue weighted by Gasteiger charge is 2.21. The zero-order valence-corrected chi connectivity index (χ0v) is 12.1. The van der Waals surface area contributed by atoms with E-state index in [-0.39, 0.29) is 17.7 Å². The normalized spacial score (nSPS) is 15.1. The van der Waals surface area contributed by atoms with Gasteiger partial charge in [0.2, 0.25) is 10.0 Å². The topological polar surface area (TPSA) is 106 Å². The van der Waals surface area contributed by atoms with Gasteiger partial charge in [-0.15, -0.1) is 0 Å². The molecule has 0 aliphatic carbocycles. The number of sulfone groups is 1. The molecule has 0 saturated carbocycles. The van der Waals surface area contributed by atoms with Crippen LogP contribution in [0.2, 0.25) is 0 Å². The summed E-state index contributed by atoms with van der Waals surface area (Å²) in [4.78, 5) is 0. The number of sulfonamides is 1. The van der Waals surface area contributed by atoms with Crippen molar-refractivity contribution in [2.75, 3.05) is 24.3 Å². The van der Waals surface area contributed by atoms with E-state index in [9.17, 15) is 16.8 Å². The zero-order valence-electron chi connectivity index (χ0n) is 10.5. The Morgan fingerprint density at radius 3 is 2.00 bits per heavy atom. The highest BCUT2D eigenvalue weighted by atomic mass is 32.2. The fourth-order valence-electron chi connectivity index (χ4n) is 1.26. The molecule has 17 heavy (non-hydrogen) atoms. The monoisotopic (exact) mass is 286 g/mol. The van der Waals surface area contributed by atoms with E-state index in [1.165, 1.54) is 0 Å². The minimum absolute atomic E-state index is 0.117. The molecule has 3 N–H and O–H groups in total. The van der Waals surface area contributed by atoms with Gasteiger partial charge in [0.15, 0.2) is 0 Å². The van der Waals surface area contributed by atoms with Crippen LogP contribution in [0, 0.1) is 5.92 Å². The minimum Gasteiger partial charge on any atom is -0.330 e. The van der Waals surface area contributed by atoms with E-state index in [0.717, 1.165) is 6.26 Å². The molecule has 0 rings (SSSR count). The van der Waals surface area contributed by atoms with Gasteiger partial charge < -0.3 is 5.73 Å². The van der Waals surface area contributed by atoms with Crippen molar-refractivity contribution in [1.82, 2.24) is 4.72 Å². The second-order valence-corrected chi connectivity index (χ2v) is 8.63. The third-order valence-corrected chi connectivity index (χ3v) is 4.94. The molecule has 6 nitrogen and oxygen atoms in total. The van der Waals surface area contributed by atoms with Gasteiger partial charge >= 0.3 is 0 Å². The third-order valence-electron chi connectivity index (χ3n) is 2.34. The molecule has 0 aliphatic heterocycles. The van der Waals surface area contributed by atoms with Crippen LogP contribution in [0.5, 0.6) is 0 Å². The molecule has 0 aromatic carbocycles. The van der Waals surface area contributed by atoms with E-state index in [1.54, 1.807) is 0 Å². The Labute approximate surface area is 104 Å². The van der Waals surface area contributed by atoms with Gasteiger partial charge in [0.25, 0.3) is 0 Å². The Hall–Kier alpha value is -0.180. The summed E-state index contributed by atoms with van der Waals surface area (Å²) in [6.45, 7) is 4.16. The first-order chi connectivity index (χ1) is 7.57. The van der Waals surface area contributed by atoms with E-state index >= 15 is 0 Å². The van der Waals surface area contributed by atoms with Crippen molar-refractivity contribution >= 4 is 19.9 Å². The minimum atomic E-state index is -3.57. The van der Waals surface area contributed by atoms with Gasteiger partial charge in [-0.05, 0) is 18.9 Å². The van der Waals surface area contributed by atoms with Gasteiger partial charge in [-0.25, -0.2) is 21.6 Å². The summed E-state index contributed by atoms with van der Waals surface area (Å²) >= 11 is 0. The van der Waals surface area contributed by atoms with Crippen LogP contribution in [0.3, 0.4) is 0 Å². The maximum atomic E-state index is 11.7. The number of hydrogen-bond acceptors (Lipinski definition) is 5. The summed E-state index contributed by atoms with van der Waals surface area (Å²) < 4.78 is 47.6.